The lowest BCUT2D eigenvalue weighted by Gasteiger charge is -2.22. The molecule has 1 aliphatic carbocycles. The smallest absolute Gasteiger partial charge is 0.0197 e. The number of benzene rings is 6. The monoisotopic (exact) mass is 582 g/mol. The Balaban J connectivity index is 1.45. The second-order valence-corrected chi connectivity index (χ2v) is 11.8. The van der Waals surface area contributed by atoms with Crippen LogP contribution in [0.2, 0.25) is 0 Å². The molecule has 0 spiro atoms. The molecule has 212 valence electrons. The van der Waals surface area contributed by atoms with Crippen LogP contribution in [0.1, 0.15) is 35.6 Å². The number of fused-ring (bicyclic) bond motifs is 3. The molecule has 1 aliphatic rings. The Kier molecular flexibility index (Phi) is 7.64. The fourth-order valence-corrected chi connectivity index (χ4v) is 7.03. The van der Waals surface area contributed by atoms with Gasteiger partial charge in [-0.1, -0.05) is 146 Å². The van der Waals surface area contributed by atoms with Crippen molar-refractivity contribution in [2.24, 2.45) is 0 Å². The van der Waals surface area contributed by atoms with Crippen molar-refractivity contribution < 1.29 is 0 Å². The molecule has 0 nitrogen and oxygen atoms in total. The van der Waals surface area contributed by atoms with Crippen LogP contribution in [0.25, 0.3) is 61.0 Å². The molecule has 0 fully saturated rings. The molecule has 0 bridgehead atoms. The SMILES string of the molecule is C=C(/C(=C\C=C/C)c1c2ccccc2c(-c2ccccc2)c2ccccc12)c1cccc(-c2ccc3c(c2)C=CCC3)c1S. The molecule has 0 aromatic heterocycles. The molecule has 0 saturated heterocycles. The van der Waals surface area contributed by atoms with Gasteiger partial charge in [0.25, 0.3) is 0 Å². The Labute approximate surface area is 265 Å². The molecule has 0 unspecified atom stereocenters. The van der Waals surface area contributed by atoms with E-state index >= 15 is 0 Å². The van der Waals surface area contributed by atoms with E-state index in [0.29, 0.717) is 0 Å². The first kappa shape index (κ1) is 28.0. The first-order valence-electron chi connectivity index (χ1n) is 15.3. The van der Waals surface area contributed by atoms with Crippen molar-refractivity contribution in [3.8, 4) is 22.3 Å². The summed E-state index contributed by atoms with van der Waals surface area (Å²) in [7, 11) is 0. The standard InChI is InChI=1S/C43H34S/c1-3-4-19-34(29(2)35-24-14-25-36(43(35)44)33-27-26-30-15-8-9-18-32(30)28-33)42-39-22-12-10-20-37(39)41(31-16-6-5-7-17-31)38-21-11-13-23-40(38)42/h3-7,9-14,16-28,44H,2,8,15H2,1H3/b4-3-,34-19+. The Bertz CT molecular complexity index is 2080. The number of hydrogen-bond donors (Lipinski definition) is 1. The number of rotatable bonds is 6. The maximum Gasteiger partial charge on any atom is 0.0197 e. The Morgan fingerprint density at radius 1 is 0.727 bits per heavy atom. The quantitative estimate of drug-likeness (QED) is 0.113. The summed E-state index contributed by atoms with van der Waals surface area (Å²) in [4.78, 5) is 0.943. The van der Waals surface area contributed by atoms with Crippen molar-refractivity contribution in [1.29, 1.82) is 0 Å². The van der Waals surface area contributed by atoms with Gasteiger partial charge in [-0.05, 0) is 103 Å². The van der Waals surface area contributed by atoms with Crippen LogP contribution in [-0.4, -0.2) is 0 Å². The summed E-state index contributed by atoms with van der Waals surface area (Å²) in [6.45, 7) is 6.81. The van der Waals surface area contributed by atoms with Gasteiger partial charge >= 0.3 is 0 Å². The number of hydrogen-bond acceptors (Lipinski definition) is 1. The highest BCUT2D eigenvalue weighted by atomic mass is 32.1. The maximum absolute atomic E-state index is 5.17. The van der Waals surface area contributed by atoms with Crippen LogP contribution >= 0.6 is 12.6 Å². The molecular formula is C43H34S. The summed E-state index contributed by atoms with van der Waals surface area (Å²) < 4.78 is 0. The van der Waals surface area contributed by atoms with Crippen molar-refractivity contribution in [1.82, 2.24) is 0 Å². The van der Waals surface area contributed by atoms with Crippen molar-refractivity contribution in [3.63, 3.8) is 0 Å². The van der Waals surface area contributed by atoms with Crippen LogP contribution in [0.15, 0.2) is 151 Å². The summed E-state index contributed by atoms with van der Waals surface area (Å²) in [6, 6.07) is 41.5. The normalized spacial score (nSPS) is 13.1. The van der Waals surface area contributed by atoms with Gasteiger partial charge in [-0.3, -0.25) is 0 Å². The molecule has 44 heavy (non-hydrogen) atoms. The minimum Gasteiger partial charge on any atom is -0.142 e. The number of allylic oxidation sites excluding steroid dienone is 6. The third kappa shape index (κ3) is 4.94. The number of aryl methyl sites for hydroxylation is 1. The van der Waals surface area contributed by atoms with Crippen LogP contribution in [0.5, 0.6) is 0 Å². The summed E-state index contributed by atoms with van der Waals surface area (Å²) in [6.07, 6.45) is 13.1. The van der Waals surface area contributed by atoms with Crippen LogP contribution < -0.4 is 0 Å². The Morgan fingerprint density at radius 3 is 2.11 bits per heavy atom. The van der Waals surface area contributed by atoms with Gasteiger partial charge in [-0.15, -0.1) is 12.6 Å². The van der Waals surface area contributed by atoms with Crippen molar-refractivity contribution in [2.75, 3.05) is 0 Å². The maximum atomic E-state index is 5.17. The van der Waals surface area contributed by atoms with Crippen LogP contribution in [0.3, 0.4) is 0 Å². The van der Waals surface area contributed by atoms with Crippen LogP contribution in [0, 0.1) is 0 Å². The first-order valence-corrected chi connectivity index (χ1v) is 15.7. The predicted molar refractivity (Wildman–Crippen MR) is 195 cm³/mol. The van der Waals surface area contributed by atoms with E-state index in [2.05, 4.69) is 153 Å². The Hall–Kier alpha value is -4.85. The molecule has 0 radical (unpaired) electrons. The second kappa shape index (κ2) is 12.0. The summed E-state index contributed by atoms with van der Waals surface area (Å²) >= 11 is 5.17. The lowest BCUT2D eigenvalue weighted by molar-refractivity contribution is 0.986. The van der Waals surface area contributed by atoms with Gasteiger partial charge in [0.15, 0.2) is 0 Å². The van der Waals surface area contributed by atoms with E-state index < -0.39 is 0 Å². The highest BCUT2D eigenvalue weighted by Crippen LogP contribution is 2.46. The van der Waals surface area contributed by atoms with Gasteiger partial charge in [-0.2, -0.15) is 0 Å². The molecule has 0 amide bonds. The lowest BCUT2D eigenvalue weighted by Crippen LogP contribution is -1.98. The summed E-state index contributed by atoms with van der Waals surface area (Å²) in [5, 5.41) is 4.88. The van der Waals surface area contributed by atoms with Gasteiger partial charge in [0.2, 0.25) is 0 Å². The third-order valence-corrected chi connectivity index (χ3v) is 9.22. The third-order valence-electron chi connectivity index (χ3n) is 8.74. The van der Waals surface area contributed by atoms with Gasteiger partial charge in [0.1, 0.15) is 0 Å². The van der Waals surface area contributed by atoms with E-state index in [1.165, 1.54) is 54.9 Å². The largest absolute Gasteiger partial charge is 0.142 e. The fraction of sp³-hybridized carbons (Fsp3) is 0.0698. The van der Waals surface area contributed by atoms with Crippen molar-refractivity contribution in [2.45, 2.75) is 24.7 Å². The predicted octanol–water partition coefficient (Wildman–Crippen LogP) is 12.2. The fourth-order valence-electron chi connectivity index (χ4n) is 6.62. The second-order valence-electron chi connectivity index (χ2n) is 11.3. The van der Waals surface area contributed by atoms with E-state index in [-0.39, 0.29) is 0 Å². The van der Waals surface area contributed by atoms with Crippen molar-refractivity contribution >= 4 is 51.4 Å². The minimum absolute atomic E-state index is 0.943. The zero-order chi connectivity index (χ0) is 30.0. The summed E-state index contributed by atoms with van der Waals surface area (Å²) in [5.74, 6) is 0. The van der Waals surface area contributed by atoms with Gasteiger partial charge in [0, 0.05) is 4.90 Å². The van der Waals surface area contributed by atoms with Crippen LogP contribution in [-0.2, 0) is 6.42 Å². The molecule has 7 rings (SSSR count). The average molecular weight is 583 g/mol. The number of thiol groups is 1. The van der Waals surface area contributed by atoms with E-state index in [9.17, 15) is 0 Å². The molecule has 0 heterocycles. The zero-order valence-electron chi connectivity index (χ0n) is 24.9. The molecule has 0 saturated carbocycles. The topological polar surface area (TPSA) is 0 Å². The van der Waals surface area contributed by atoms with E-state index in [1.54, 1.807) is 0 Å². The lowest BCUT2D eigenvalue weighted by atomic mass is 9.82. The molecule has 6 aromatic carbocycles. The zero-order valence-corrected chi connectivity index (χ0v) is 25.8. The van der Waals surface area contributed by atoms with E-state index in [1.807, 2.05) is 0 Å². The highest BCUT2D eigenvalue weighted by Gasteiger charge is 2.21. The average Bonchev–Trinajstić information content (AvgIpc) is 3.08. The van der Waals surface area contributed by atoms with Gasteiger partial charge < -0.3 is 0 Å². The minimum atomic E-state index is 0.943. The highest BCUT2D eigenvalue weighted by molar-refractivity contribution is 7.80. The van der Waals surface area contributed by atoms with Gasteiger partial charge in [-0.25, -0.2) is 0 Å². The molecule has 0 N–H and O–H groups in total. The molecule has 1 heteroatoms. The molecular weight excluding hydrogens is 549 g/mol. The molecule has 6 aromatic rings. The molecule has 0 aliphatic heterocycles. The summed E-state index contributed by atoms with van der Waals surface area (Å²) in [5.41, 5.74) is 11.8. The first-order chi connectivity index (χ1) is 21.7. The van der Waals surface area contributed by atoms with Gasteiger partial charge in [0.05, 0.1) is 0 Å². The van der Waals surface area contributed by atoms with E-state index in [4.69, 9.17) is 19.2 Å². The molecule has 0 atom stereocenters. The van der Waals surface area contributed by atoms with Crippen LogP contribution in [0.4, 0.5) is 0 Å². The Morgan fingerprint density at radius 2 is 1.41 bits per heavy atom. The van der Waals surface area contributed by atoms with E-state index in [0.717, 1.165) is 40.0 Å². The van der Waals surface area contributed by atoms with Crippen molar-refractivity contribution in [3.05, 3.63) is 168 Å².